The van der Waals surface area contributed by atoms with Crippen LogP contribution in [0.5, 0.6) is 0 Å². The molecule has 1 N–H and O–H groups in total. The maximum Gasteiger partial charge on any atom is 0.411 e. The van der Waals surface area contributed by atoms with Crippen molar-refractivity contribution in [3.63, 3.8) is 0 Å². The fourth-order valence-corrected chi connectivity index (χ4v) is 2.75. The molecule has 0 bridgehead atoms. The van der Waals surface area contributed by atoms with Crippen LogP contribution in [-0.2, 0) is 16.1 Å². The zero-order valence-corrected chi connectivity index (χ0v) is 15.1. The van der Waals surface area contributed by atoms with E-state index >= 15 is 0 Å². The van der Waals surface area contributed by atoms with Crippen LogP contribution in [0.15, 0.2) is 18.2 Å². The molecule has 138 valence electrons. The molecule has 2 amide bonds. The van der Waals surface area contributed by atoms with E-state index in [0.717, 1.165) is 4.90 Å². The van der Waals surface area contributed by atoms with Crippen molar-refractivity contribution in [1.29, 1.82) is 0 Å². The van der Waals surface area contributed by atoms with Crippen molar-refractivity contribution in [3.05, 3.63) is 34.6 Å². The molecule has 0 aliphatic carbocycles. The predicted molar refractivity (Wildman–Crippen MR) is 89.5 cm³/mol. The Bertz CT molecular complexity index is 664. The lowest BCUT2D eigenvalue weighted by Crippen LogP contribution is -2.50. The Morgan fingerprint density at radius 2 is 2.08 bits per heavy atom. The number of carbonyl (C=O) groups excluding carboxylic acids is 2. The summed E-state index contributed by atoms with van der Waals surface area (Å²) in [7, 11) is 0. The standard InChI is InChI=1S/C17H21ClF2N2O3/c1-17(2,3)25-16(24)22-8-7-12(19)14(22)15(23)21-9-10-5-4-6-11(18)13(10)20/h4-6,12,14H,7-9H2,1-3H3,(H,21,23)/t12-,14-/m0/s1. The molecule has 1 heterocycles. The molecular formula is C17H21ClF2N2O3. The number of hydrogen-bond donors (Lipinski definition) is 1. The van der Waals surface area contributed by atoms with Crippen molar-refractivity contribution in [2.24, 2.45) is 0 Å². The average molecular weight is 375 g/mol. The largest absolute Gasteiger partial charge is 0.444 e. The molecule has 0 radical (unpaired) electrons. The summed E-state index contributed by atoms with van der Waals surface area (Å²) < 4.78 is 33.2. The highest BCUT2D eigenvalue weighted by Gasteiger charge is 2.43. The first-order chi connectivity index (χ1) is 11.6. The van der Waals surface area contributed by atoms with Gasteiger partial charge in [0, 0.05) is 18.7 Å². The first-order valence-corrected chi connectivity index (χ1v) is 8.32. The molecule has 2 rings (SSSR count). The molecule has 8 heteroatoms. The maximum atomic E-state index is 14.1. The maximum absolute atomic E-state index is 14.1. The third kappa shape index (κ3) is 4.81. The van der Waals surface area contributed by atoms with E-state index in [1.54, 1.807) is 26.8 Å². The highest BCUT2D eigenvalue weighted by molar-refractivity contribution is 6.30. The van der Waals surface area contributed by atoms with Gasteiger partial charge in [0.1, 0.15) is 23.6 Å². The van der Waals surface area contributed by atoms with Crippen molar-refractivity contribution in [1.82, 2.24) is 10.2 Å². The Hall–Kier alpha value is -1.89. The summed E-state index contributed by atoms with van der Waals surface area (Å²) in [5, 5.41) is 2.40. The van der Waals surface area contributed by atoms with E-state index in [1.165, 1.54) is 12.1 Å². The van der Waals surface area contributed by atoms with Gasteiger partial charge in [-0.25, -0.2) is 13.6 Å². The van der Waals surface area contributed by atoms with Crippen molar-refractivity contribution in [3.8, 4) is 0 Å². The Kier molecular flexibility index (Phi) is 5.87. The van der Waals surface area contributed by atoms with Crippen LogP contribution in [0.25, 0.3) is 0 Å². The Labute approximate surface area is 150 Å². The van der Waals surface area contributed by atoms with E-state index in [4.69, 9.17) is 16.3 Å². The third-order valence-electron chi connectivity index (χ3n) is 3.71. The molecule has 1 aromatic carbocycles. The Morgan fingerprint density at radius 3 is 2.72 bits per heavy atom. The van der Waals surface area contributed by atoms with Crippen LogP contribution in [0, 0.1) is 5.82 Å². The van der Waals surface area contributed by atoms with Gasteiger partial charge in [0.05, 0.1) is 5.02 Å². The molecule has 1 fully saturated rings. The topological polar surface area (TPSA) is 58.6 Å². The van der Waals surface area contributed by atoms with E-state index < -0.39 is 35.6 Å². The van der Waals surface area contributed by atoms with Crippen molar-refractivity contribution in [2.45, 2.75) is 51.6 Å². The van der Waals surface area contributed by atoms with Crippen LogP contribution in [0.4, 0.5) is 13.6 Å². The molecule has 1 aliphatic heterocycles. The molecule has 0 saturated carbocycles. The van der Waals surface area contributed by atoms with E-state index in [0.29, 0.717) is 0 Å². The quantitative estimate of drug-likeness (QED) is 0.881. The molecule has 25 heavy (non-hydrogen) atoms. The summed E-state index contributed by atoms with van der Waals surface area (Å²) in [6.07, 6.45) is -2.21. The first-order valence-electron chi connectivity index (χ1n) is 7.94. The van der Waals surface area contributed by atoms with Crippen LogP contribution in [-0.4, -0.2) is 41.3 Å². The molecule has 0 aromatic heterocycles. The summed E-state index contributed by atoms with van der Waals surface area (Å²) in [4.78, 5) is 25.6. The van der Waals surface area contributed by atoms with Gasteiger partial charge in [0.25, 0.3) is 0 Å². The first kappa shape index (κ1) is 19.4. The summed E-state index contributed by atoms with van der Waals surface area (Å²) in [6, 6.07) is 3.11. The minimum Gasteiger partial charge on any atom is -0.444 e. The number of ether oxygens (including phenoxy) is 1. The smallest absolute Gasteiger partial charge is 0.411 e. The van der Waals surface area contributed by atoms with Gasteiger partial charge >= 0.3 is 6.09 Å². The van der Waals surface area contributed by atoms with Crippen LogP contribution in [0.3, 0.4) is 0 Å². The van der Waals surface area contributed by atoms with E-state index in [1.807, 2.05) is 0 Å². The molecule has 2 atom stereocenters. The van der Waals surface area contributed by atoms with Gasteiger partial charge in [-0.1, -0.05) is 23.7 Å². The lowest BCUT2D eigenvalue weighted by molar-refractivity contribution is -0.127. The summed E-state index contributed by atoms with van der Waals surface area (Å²) in [5.74, 6) is -1.34. The number of carbonyl (C=O) groups is 2. The number of alkyl halides is 1. The van der Waals surface area contributed by atoms with Crippen LogP contribution >= 0.6 is 11.6 Å². The lowest BCUT2D eigenvalue weighted by Gasteiger charge is -2.28. The summed E-state index contributed by atoms with van der Waals surface area (Å²) in [6.45, 7) is 4.98. The monoisotopic (exact) mass is 374 g/mol. The zero-order chi connectivity index (χ0) is 18.8. The number of hydrogen-bond acceptors (Lipinski definition) is 3. The molecule has 5 nitrogen and oxygen atoms in total. The fraction of sp³-hybridized carbons (Fsp3) is 0.529. The third-order valence-corrected chi connectivity index (χ3v) is 4.00. The van der Waals surface area contributed by atoms with Gasteiger partial charge in [0.15, 0.2) is 0 Å². The van der Waals surface area contributed by atoms with Gasteiger partial charge in [-0.2, -0.15) is 0 Å². The normalized spacial score (nSPS) is 20.5. The molecule has 0 unspecified atom stereocenters. The second-order valence-corrected chi connectivity index (χ2v) is 7.26. The summed E-state index contributed by atoms with van der Waals surface area (Å²) >= 11 is 5.69. The van der Waals surface area contributed by atoms with Gasteiger partial charge in [-0.05, 0) is 33.3 Å². The second kappa shape index (κ2) is 7.56. The molecular weight excluding hydrogens is 354 g/mol. The van der Waals surface area contributed by atoms with Gasteiger partial charge in [-0.3, -0.25) is 9.69 Å². The number of nitrogens with zero attached hydrogens (tertiary/aromatic N) is 1. The van der Waals surface area contributed by atoms with Crippen molar-refractivity contribution in [2.75, 3.05) is 6.54 Å². The van der Waals surface area contributed by atoms with E-state index in [2.05, 4.69) is 5.32 Å². The van der Waals surface area contributed by atoms with Gasteiger partial charge in [-0.15, -0.1) is 0 Å². The number of rotatable bonds is 3. The minimum atomic E-state index is -1.50. The number of likely N-dealkylation sites (tertiary alicyclic amines) is 1. The fourth-order valence-electron chi connectivity index (χ4n) is 2.56. The second-order valence-electron chi connectivity index (χ2n) is 6.85. The minimum absolute atomic E-state index is 0.0445. The summed E-state index contributed by atoms with van der Waals surface area (Å²) in [5.41, 5.74) is -0.575. The van der Waals surface area contributed by atoms with E-state index in [-0.39, 0.29) is 30.1 Å². The highest BCUT2D eigenvalue weighted by atomic mass is 35.5. The number of halogens is 3. The number of benzene rings is 1. The Balaban J connectivity index is 2.05. The van der Waals surface area contributed by atoms with Crippen molar-refractivity contribution < 1.29 is 23.1 Å². The van der Waals surface area contributed by atoms with Gasteiger partial charge < -0.3 is 10.1 Å². The number of amides is 2. The Morgan fingerprint density at radius 1 is 1.40 bits per heavy atom. The zero-order valence-electron chi connectivity index (χ0n) is 14.3. The lowest BCUT2D eigenvalue weighted by atomic mass is 10.1. The molecule has 0 spiro atoms. The van der Waals surface area contributed by atoms with Crippen LogP contribution in [0.2, 0.25) is 5.02 Å². The van der Waals surface area contributed by atoms with Crippen molar-refractivity contribution >= 4 is 23.6 Å². The van der Waals surface area contributed by atoms with E-state index in [9.17, 15) is 18.4 Å². The molecule has 1 saturated heterocycles. The predicted octanol–water partition coefficient (Wildman–Crippen LogP) is 3.44. The molecule has 1 aliphatic rings. The van der Waals surface area contributed by atoms with Crippen LogP contribution < -0.4 is 5.32 Å². The average Bonchev–Trinajstić information content (AvgIpc) is 2.89. The van der Waals surface area contributed by atoms with Crippen LogP contribution in [0.1, 0.15) is 32.8 Å². The molecule has 1 aromatic rings. The van der Waals surface area contributed by atoms with Gasteiger partial charge in [0.2, 0.25) is 5.91 Å². The SMILES string of the molecule is CC(C)(C)OC(=O)N1CC[C@H](F)[C@H]1C(=O)NCc1cccc(Cl)c1F. The number of nitrogens with one attached hydrogen (secondary N) is 1. The highest BCUT2D eigenvalue weighted by Crippen LogP contribution is 2.24.